The van der Waals surface area contributed by atoms with Gasteiger partial charge in [-0.25, -0.2) is 0 Å². The Morgan fingerprint density at radius 2 is 2.07 bits per heavy atom. The first-order valence-corrected chi connectivity index (χ1v) is 4.92. The first-order chi connectivity index (χ1) is 6.89. The van der Waals surface area contributed by atoms with Gasteiger partial charge in [-0.1, -0.05) is 13.3 Å². The van der Waals surface area contributed by atoms with Crippen molar-refractivity contribution < 1.29 is 18.0 Å². The van der Waals surface area contributed by atoms with Crippen LogP contribution in [0.15, 0.2) is 0 Å². The van der Waals surface area contributed by atoms with Crippen molar-refractivity contribution >= 4 is 5.91 Å². The standard InChI is InChI=1S/C9H17F3N2O/c1-2-7(3-4-13)6-14-8(15)5-9(10,11)12/h7H,2-6,13H2,1H3,(H,14,15). The van der Waals surface area contributed by atoms with Crippen molar-refractivity contribution in [1.82, 2.24) is 5.32 Å². The lowest BCUT2D eigenvalue weighted by Crippen LogP contribution is -2.33. The maximum absolute atomic E-state index is 11.8. The van der Waals surface area contributed by atoms with Crippen molar-refractivity contribution in [3.8, 4) is 0 Å². The molecular formula is C9H17F3N2O. The number of alkyl halides is 3. The van der Waals surface area contributed by atoms with Crippen LogP contribution >= 0.6 is 0 Å². The van der Waals surface area contributed by atoms with E-state index in [2.05, 4.69) is 5.32 Å². The van der Waals surface area contributed by atoms with Gasteiger partial charge in [-0.15, -0.1) is 0 Å². The second-order valence-corrected chi connectivity index (χ2v) is 3.45. The fourth-order valence-corrected chi connectivity index (χ4v) is 1.19. The predicted octanol–water partition coefficient (Wildman–Crippen LogP) is 1.43. The summed E-state index contributed by atoms with van der Waals surface area (Å²) < 4.78 is 35.3. The minimum atomic E-state index is -4.43. The second-order valence-electron chi connectivity index (χ2n) is 3.45. The molecule has 0 saturated carbocycles. The molecule has 90 valence electrons. The molecule has 0 radical (unpaired) electrons. The molecule has 1 atom stereocenters. The molecule has 0 aromatic carbocycles. The molecule has 0 aromatic rings. The van der Waals surface area contributed by atoms with Crippen molar-refractivity contribution in [2.24, 2.45) is 11.7 Å². The smallest absolute Gasteiger partial charge is 0.356 e. The number of amides is 1. The Morgan fingerprint density at radius 1 is 1.47 bits per heavy atom. The maximum Gasteiger partial charge on any atom is 0.397 e. The SMILES string of the molecule is CCC(CCN)CNC(=O)CC(F)(F)F. The molecule has 0 fully saturated rings. The highest BCUT2D eigenvalue weighted by Gasteiger charge is 2.31. The number of rotatable bonds is 6. The highest BCUT2D eigenvalue weighted by Crippen LogP contribution is 2.19. The van der Waals surface area contributed by atoms with Crippen molar-refractivity contribution in [2.45, 2.75) is 32.4 Å². The Morgan fingerprint density at radius 3 is 2.47 bits per heavy atom. The molecule has 0 aliphatic rings. The molecule has 0 aliphatic carbocycles. The summed E-state index contributed by atoms with van der Waals surface area (Å²) >= 11 is 0. The summed E-state index contributed by atoms with van der Waals surface area (Å²) in [5, 5.41) is 2.26. The zero-order chi connectivity index (χ0) is 11.9. The first kappa shape index (κ1) is 14.2. The number of carbonyl (C=O) groups excluding carboxylic acids is 1. The van der Waals surface area contributed by atoms with E-state index >= 15 is 0 Å². The molecule has 0 spiro atoms. The van der Waals surface area contributed by atoms with Crippen LogP contribution in [0.25, 0.3) is 0 Å². The van der Waals surface area contributed by atoms with Crippen LogP contribution in [0.5, 0.6) is 0 Å². The minimum Gasteiger partial charge on any atom is -0.356 e. The summed E-state index contributed by atoms with van der Waals surface area (Å²) in [6.07, 6.45) is -4.34. The molecular weight excluding hydrogens is 209 g/mol. The molecule has 6 heteroatoms. The van der Waals surface area contributed by atoms with Gasteiger partial charge in [-0.2, -0.15) is 13.2 Å². The molecule has 1 unspecified atom stereocenters. The lowest BCUT2D eigenvalue weighted by molar-refractivity contribution is -0.153. The van der Waals surface area contributed by atoms with E-state index in [0.29, 0.717) is 13.0 Å². The summed E-state index contributed by atoms with van der Waals surface area (Å²) in [7, 11) is 0. The molecule has 0 rings (SSSR count). The lowest BCUT2D eigenvalue weighted by Gasteiger charge is -2.15. The third-order valence-electron chi connectivity index (χ3n) is 2.10. The van der Waals surface area contributed by atoms with Crippen LogP contribution in [0.3, 0.4) is 0 Å². The van der Waals surface area contributed by atoms with Crippen LogP contribution < -0.4 is 11.1 Å². The van der Waals surface area contributed by atoms with Crippen LogP contribution in [0.2, 0.25) is 0 Å². The Bertz CT molecular complexity index is 194. The van der Waals surface area contributed by atoms with Crippen LogP contribution in [-0.4, -0.2) is 25.2 Å². The van der Waals surface area contributed by atoms with Gasteiger partial charge in [0.15, 0.2) is 0 Å². The lowest BCUT2D eigenvalue weighted by atomic mass is 10.0. The molecule has 3 nitrogen and oxygen atoms in total. The highest BCUT2D eigenvalue weighted by atomic mass is 19.4. The molecule has 1 amide bonds. The van der Waals surface area contributed by atoms with Gasteiger partial charge >= 0.3 is 6.18 Å². The second kappa shape index (κ2) is 6.66. The summed E-state index contributed by atoms with van der Waals surface area (Å²) in [6, 6.07) is 0. The molecule has 0 bridgehead atoms. The van der Waals surface area contributed by atoms with Crippen LogP contribution in [0.4, 0.5) is 13.2 Å². The van der Waals surface area contributed by atoms with Crippen molar-refractivity contribution in [2.75, 3.05) is 13.1 Å². The van der Waals surface area contributed by atoms with Gasteiger partial charge in [-0.05, 0) is 18.9 Å². The molecule has 3 N–H and O–H groups in total. The predicted molar refractivity (Wildman–Crippen MR) is 51.1 cm³/mol. The van der Waals surface area contributed by atoms with Gasteiger partial charge in [0.05, 0.1) is 0 Å². The Kier molecular flexibility index (Phi) is 6.31. The van der Waals surface area contributed by atoms with Crippen LogP contribution in [0, 0.1) is 5.92 Å². The number of hydrogen-bond acceptors (Lipinski definition) is 2. The zero-order valence-electron chi connectivity index (χ0n) is 8.73. The largest absolute Gasteiger partial charge is 0.397 e. The topological polar surface area (TPSA) is 55.1 Å². The summed E-state index contributed by atoms with van der Waals surface area (Å²) in [6.45, 7) is 2.66. The number of hydrogen-bond donors (Lipinski definition) is 2. The van der Waals surface area contributed by atoms with Crippen molar-refractivity contribution in [3.05, 3.63) is 0 Å². The number of carbonyl (C=O) groups is 1. The Balaban J connectivity index is 3.78. The van der Waals surface area contributed by atoms with Gasteiger partial charge in [0.25, 0.3) is 0 Å². The first-order valence-electron chi connectivity index (χ1n) is 4.92. The van der Waals surface area contributed by atoms with E-state index in [1.54, 1.807) is 0 Å². The maximum atomic E-state index is 11.8. The fraction of sp³-hybridized carbons (Fsp3) is 0.889. The minimum absolute atomic E-state index is 0.159. The quantitative estimate of drug-likeness (QED) is 0.719. The highest BCUT2D eigenvalue weighted by molar-refractivity contribution is 5.76. The van der Waals surface area contributed by atoms with E-state index in [1.165, 1.54) is 0 Å². The molecule has 0 saturated heterocycles. The van der Waals surface area contributed by atoms with Crippen LogP contribution in [0.1, 0.15) is 26.2 Å². The van der Waals surface area contributed by atoms with Crippen molar-refractivity contribution in [3.63, 3.8) is 0 Å². The molecule has 0 heterocycles. The van der Waals surface area contributed by atoms with E-state index in [0.717, 1.165) is 6.42 Å². The van der Waals surface area contributed by atoms with E-state index in [9.17, 15) is 18.0 Å². The number of nitrogens with one attached hydrogen (secondary N) is 1. The van der Waals surface area contributed by atoms with Gasteiger partial charge in [-0.3, -0.25) is 4.79 Å². The zero-order valence-corrected chi connectivity index (χ0v) is 8.73. The van der Waals surface area contributed by atoms with Gasteiger partial charge in [0.2, 0.25) is 5.91 Å². The molecule has 15 heavy (non-hydrogen) atoms. The summed E-state index contributed by atoms with van der Waals surface area (Å²) in [4.78, 5) is 10.8. The van der Waals surface area contributed by atoms with Gasteiger partial charge in [0.1, 0.15) is 6.42 Å². The number of halogens is 3. The average molecular weight is 226 g/mol. The Labute approximate surface area is 87.2 Å². The molecule has 0 aliphatic heterocycles. The van der Waals surface area contributed by atoms with E-state index < -0.39 is 18.5 Å². The third-order valence-corrected chi connectivity index (χ3v) is 2.10. The third kappa shape index (κ3) is 8.23. The van der Waals surface area contributed by atoms with E-state index in [1.807, 2.05) is 6.92 Å². The van der Waals surface area contributed by atoms with Crippen LogP contribution in [-0.2, 0) is 4.79 Å². The number of nitrogens with two attached hydrogens (primary N) is 1. The summed E-state index contributed by atoms with van der Waals surface area (Å²) in [5.41, 5.74) is 5.32. The van der Waals surface area contributed by atoms with E-state index in [-0.39, 0.29) is 12.5 Å². The van der Waals surface area contributed by atoms with Gasteiger partial charge < -0.3 is 11.1 Å². The normalized spacial score (nSPS) is 13.7. The summed E-state index contributed by atoms with van der Waals surface area (Å²) in [5.74, 6) is -0.815. The Hall–Kier alpha value is -0.780. The monoisotopic (exact) mass is 226 g/mol. The van der Waals surface area contributed by atoms with E-state index in [4.69, 9.17) is 5.73 Å². The van der Waals surface area contributed by atoms with Crippen molar-refractivity contribution in [1.29, 1.82) is 0 Å². The van der Waals surface area contributed by atoms with Gasteiger partial charge in [0, 0.05) is 6.54 Å². The molecule has 0 aromatic heterocycles. The fourth-order valence-electron chi connectivity index (χ4n) is 1.19. The average Bonchev–Trinajstić information content (AvgIpc) is 2.09.